The molecule has 0 saturated carbocycles. The fraction of sp³-hybridized carbons (Fsp3) is 0.333. The minimum absolute atomic E-state index is 0.144. The van der Waals surface area contributed by atoms with Crippen LogP contribution in [0.1, 0.15) is 33.9 Å². The molecular formula is C18H22ClNO. The summed E-state index contributed by atoms with van der Waals surface area (Å²) in [4.78, 5) is 0. The van der Waals surface area contributed by atoms with Crippen molar-refractivity contribution in [1.82, 2.24) is 5.32 Å². The summed E-state index contributed by atoms with van der Waals surface area (Å²) in [7, 11) is 3.69. The van der Waals surface area contributed by atoms with Gasteiger partial charge in [0.1, 0.15) is 5.75 Å². The molecule has 3 heteroatoms. The standard InChI is InChI=1S/C18H22ClNO/c1-11-10-17(21-5)13(3)9-15(11)18(20-4)14-6-7-16(19)12(2)8-14/h6-10,18,20H,1-5H3. The van der Waals surface area contributed by atoms with E-state index in [4.69, 9.17) is 16.3 Å². The van der Waals surface area contributed by atoms with E-state index < -0.39 is 0 Å². The van der Waals surface area contributed by atoms with E-state index in [9.17, 15) is 0 Å². The molecule has 0 amide bonds. The van der Waals surface area contributed by atoms with Crippen LogP contribution in [0, 0.1) is 20.8 Å². The molecule has 0 aliphatic heterocycles. The van der Waals surface area contributed by atoms with Crippen molar-refractivity contribution in [1.29, 1.82) is 0 Å². The van der Waals surface area contributed by atoms with Gasteiger partial charge in [0.25, 0.3) is 0 Å². The minimum Gasteiger partial charge on any atom is -0.496 e. The zero-order valence-electron chi connectivity index (χ0n) is 13.3. The van der Waals surface area contributed by atoms with Crippen LogP contribution in [-0.2, 0) is 0 Å². The van der Waals surface area contributed by atoms with E-state index >= 15 is 0 Å². The Morgan fingerprint density at radius 1 is 1.00 bits per heavy atom. The van der Waals surface area contributed by atoms with Gasteiger partial charge in [-0.05, 0) is 67.8 Å². The molecule has 0 heterocycles. The van der Waals surface area contributed by atoms with Crippen LogP contribution in [-0.4, -0.2) is 14.2 Å². The van der Waals surface area contributed by atoms with E-state index in [0.717, 1.165) is 21.9 Å². The Labute approximate surface area is 132 Å². The van der Waals surface area contributed by atoms with Crippen molar-refractivity contribution >= 4 is 11.6 Å². The fourth-order valence-corrected chi connectivity index (χ4v) is 2.81. The summed E-state index contributed by atoms with van der Waals surface area (Å²) in [5, 5.41) is 4.21. The summed E-state index contributed by atoms with van der Waals surface area (Å²) >= 11 is 6.13. The number of benzene rings is 2. The van der Waals surface area contributed by atoms with Crippen molar-refractivity contribution in [3.05, 3.63) is 63.2 Å². The maximum atomic E-state index is 6.13. The molecule has 0 aromatic heterocycles. The molecule has 1 atom stereocenters. The first kappa shape index (κ1) is 15.9. The molecule has 2 aromatic carbocycles. The summed E-state index contributed by atoms with van der Waals surface area (Å²) in [5.41, 5.74) is 5.93. The number of hydrogen-bond acceptors (Lipinski definition) is 2. The minimum atomic E-state index is 0.144. The predicted octanol–water partition coefficient (Wildman–Crippen LogP) is 4.58. The second-order valence-corrected chi connectivity index (χ2v) is 5.82. The van der Waals surface area contributed by atoms with Crippen LogP contribution in [0.3, 0.4) is 0 Å². The maximum Gasteiger partial charge on any atom is 0.122 e. The first-order valence-electron chi connectivity index (χ1n) is 7.06. The zero-order valence-corrected chi connectivity index (χ0v) is 14.0. The molecule has 0 saturated heterocycles. The van der Waals surface area contributed by atoms with Gasteiger partial charge in [0, 0.05) is 5.02 Å². The number of rotatable bonds is 4. The molecule has 2 aromatic rings. The quantitative estimate of drug-likeness (QED) is 0.892. The molecule has 0 fully saturated rings. The molecule has 0 spiro atoms. The van der Waals surface area contributed by atoms with Crippen molar-refractivity contribution in [3.63, 3.8) is 0 Å². The van der Waals surface area contributed by atoms with Crippen molar-refractivity contribution < 1.29 is 4.74 Å². The Bertz CT molecular complexity index is 652. The molecule has 1 N–H and O–H groups in total. The third kappa shape index (κ3) is 3.22. The first-order valence-corrected chi connectivity index (χ1v) is 7.44. The number of halogens is 1. The first-order chi connectivity index (χ1) is 9.97. The number of ether oxygens (including phenoxy) is 1. The Kier molecular flexibility index (Phi) is 4.92. The molecule has 0 aliphatic rings. The Morgan fingerprint density at radius 2 is 1.71 bits per heavy atom. The lowest BCUT2D eigenvalue weighted by molar-refractivity contribution is 0.411. The highest BCUT2D eigenvalue weighted by Gasteiger charge is 2.16. The van der Waals surface area contributed by atoms with Gasteiger partial charge in [0.2, 0.25) is 0 Å². The molecule has 2 rings (SSSR count). The van der Waals surface area contributed by atoms with Gasteiger partial charge in [-0.3, -0.25) is 0 Å². The Morgan fingerprint density at radius 3 is 2.29 bits per heavy atom. The van der Waals surface area contributed by atoms with E-state index in [0.29, 0.717) is 0 Å². The van der Waals surface area contributed by atoms with E-state index in [2.05, 4.69) is 43.4 Å². The molecule has 2 nitrogen and oxygen atoms in total. The average Bonchev–Trinajstić information content (AvgIpc) is 2.46. The lowest BCUT2D eigenvalue weighted by Crippen LogP contribution is -2.19. The van der Waals surface area contributed by atoms with Crippen molar-refractivity contribution in [2.75, 3.05) is 14.2 Å². The molecule has 0 bridgehead atoms. The van der Waals surface area contributed by atoms with Gasteiger partial charge in [-0.25, -0.2) is 0 Å². The third-order valence-electron chi connectivity index (χ3n) is 3.90. The smallest absolute Gasteiger partial charge is 0.122 e. The van der Waals surface area contributed by atoms with Gasteiger partial charge in [-0.2, -0.15) is 0 Å². The summed E-state index contributed by atoms with van der Waals surface area (Å²) in [5.74, 6) is 0.929. The second-order valence-electron chi connectivity index (χ2n) is 5.41. The Hall–Kier alpha value is -1.51. The average molecular weight is 304 g/mol. The monoisotopic (exact) mass is 303 g/mol. The summed E-state index contributed by atoms with van der Waals surface area (Å²) in [6.45, 7) is 6.22. The maximum absolute atomic E-state index is 6.13. The number of methoxy groups -OCH3 is 1. The zero-order chi connectivity index (χ0) is 15.6. The predicted molar refractivity (Wildman–Crippen MR) is 89.6 cm³/mol. The van der Waals surface area contributed by atoms with Crippen molar-refractivity contribution in [3.8, 4) is 5.75 Å². The molecular weight excluding hydrogens is 282 g/mol. The normalized spacial score (nSPS) is 12.3. The van der Waals surface area contributed by atoms with Gasteiger partial charge in [0.15, 0.2) is 0 Å². The van der Waals surface area contributed by atoms with Gasteiger partial charge < -0.3 is 10.1 Å². The van der Waals surface area contributed by atoms with Crippen LogP contribution in [0.2, 0.25) is 5.02 Å². The highest BCUT2D eigenvalue weighted by atomic mass is 35.5. The molecule has 0 aliphatic carbocycles. The lowest BCUT2D eigenvalue weighted by atomic mass is 9.92. The summed E-state index contributed by atoms with van der Waals surface area (Å²) < 4.78 is 5.40. The fourth-order valence-electron chi connectivity index (χ4n) is 2.69. The second kappa shape index (κ2) is 6.50. The molecule has 1 unspecified atom stereocenters. The van der Waals surface area contributed by atoms with Crippen LogP contribution in [0.25, 0.3) is 0 Å². The summed E-state index contributed by atoms with van der Waals surface area (Å²) in [6, 6.07) is 10.6. The van der Waals surface area contributed by atoms with Crippen LogP contribution < -0.4 is 10.1 Å². The SMILES string of the molecule is CNC(c1ccc(Cl)c(C)c1)c1cc(C)c(OC)cc1C. The van der Waals surface area contributed by atoms with Crippen molar-refractivity contribution in [2.45, 2.75) is 26.8 Å². The largest absolute Gasteiger partial charge is 0.496 e. The van der Waals surface area contributed by atoms with Gasteiger partial charge in [-0.1, -0.05) is 29.8 Å². The number of hydrogen-bond donors (Lipinski definition) is 1. The highest BCUT2D eigenvalue weighted by molar-refractivity contribution is 6.31. The highest BCUT2D eigenvalue weighted by Crippen LogP contribution is 2.31. The lowest BCUT2D eigenvalue weighted by Gasteiger charge is -2.22. The van der Waals surface area contributed by atoms with E-state index in [1.54, 1.807) is 7.11 Å². The van der Waals surface area contributed by atoms with Gasteiger partial charge in [0.05, 0.1) is 13.2 Å². The van der Waals surface area contributed by atoms with Crippen LogP contribution >= 0.6 is 11.6 Å². The van der Waals surface area contributed by atoms with Gasteiger partial charge in [-0.15, -0.1) is 0 Å². The van der Waals surface area contributed by atoms with E-state index in [1.165, 1.54) is 16.7 Å². The van der Waals surface area contributed by atoms with Crippen LogP contribution in [0.5, 0.6) is 5.75 Å². The molecule has 0 radical (unpaired) electrons. The third-order valence-corrected chi connectivity index (χ3v) is 4.32. The Balaban J connectivity index is 2.50. The van der Waals surface area contributed by atoms with Crippen LogP contribution in [0.15, 0.2) is 30.3 Å². The number of nitrogens with one attached hydrogen (secondary N) is 1. The van der Waals surface area contributed by atoms with E-state index in [1.807, 2.05) is 20.0 Å². The van der Waals surface area contributed by atoms with Crippen molar-refractivity contribution in [2.24, 2.45) is 0 Å². The number of aryl methyl sites for hydroxylation is 3. The van der Waals surface area contributed by atoms with E-state index in [-0.39, 0.29) is 6.04 Å². The topological polar surface area (TPSA) is 21.3 Å². The molecule has 21 heavy (non-hydrogen) atoms. The molecule has 112 valence electrons. The summed E-state index contributed by atoms with van der Waals surface area (Å²) in [6.07, 6.45) is 0. The van der Waals surface area contributed by atoms with Crippen LogP contribution in [0.4, 0.5) is 0 Å². The van der Waals surface area contributed by atoms with Gasteiger partial charge >= 0.3 is 0 Å².